The van der Waals surface area contributed by atoms with Crippen LogP contribution in [0.25, 0.3) is 0 Å². The minimum absolute atomic E-state index is 0.629. The largest absolute Gasteiger partial charge is 0.317 e. The molecule has 1 unspecified atom stereocenters. The molecule has 0 bridgehead atoms. The fourth-order valence-corrected chi connectivity index (χ4v) is 1.32. The lowest BCUT2D eigenvalue weighted by atomic mass is 10.1. The van der Waals surface area contributed by atoms with Crippen LogP contribution in [0, 0.1) is 17.2 Å². The summed E-state index contributed by atoms with van der Waals surface area (Å²) in [6.07, 6.45) is 0.629. The summed E-state index contributed by atoms with van der Waals surface area (Å²) in [4.78, 5) is 2.21. The molecule has 0 aromatic carbocycles. The zero-order valence-electron chi connectivity index (χ0n) is 9.01. The second-order valence-corrected chi connectivity index (χ2v) is 3.58. The van der Waals surface area contributed by atoms with Crippen molar-refractivity contribution in [3.8, 4) is 6.07 Å². The summed E-state index contributed by atoms with van der Waals surface area (Å²) in [5, 5.41) is 11.7. The van der Waals surface area contributed by atoms with Crippen molar-refractivity contribution in [1.29, 1.82) is 5.26 Å². The van der Waals surface area contributed by atoms with Gasteiger partial charge in [-0.25, -0.2) is 0 Å². The SMILES string of the molecule is CCNCC(C)CN(C)CCC#N. The van der Waals surface area contributed by atoms with Gasteiger partial charge in [0.2, 0.25) is 0 Å². The molecular weight excluding hydrogens is 162 g/mol. The van der Waals surface area contributed by atoms with Crippen molar-refractivity contribution < 1.29 is 0 Å². The van der Waals surface area contributed by atoms with Crippen LogP contribution in [-0.2, 0) is 0 Å². The van der Waals surface area contributed by atoms with Gasteiger partial charge in [-0.1, -0.05) is 13.8 Å². The highest BCUT2D eigenvalue weighted by molar-refractivity contribution is 4.72. The van der Waals surface area contributed by atoms with Crippen molar-refractivity contribution in [3.05, 3.63) is 0 Å². The van der Waals surface area contributed by atoms with Gasteiger partial charge < -0.3 is 10.2 Å². The summed E-state index contributed by atoms with van der Waals surface area (Å²) < 4.78 is 0. The van der Waals surface area contributed by atoms with Crippen molar-refractivity contribution in [2.75, 3.05) is 33.2 Å². The number of hydrogen-bond donors (Lipinski definition) is 1. The predicted molar refractivity (Wildman–Crippen MR) is 55.4 cm³/mol. The summed E-state index contributed by atoms with van der Waals surface area (Å²) in [5.41, 5.74) is 0. The van der Waals surface area contributed by atoms with E-state index in [1.54, 1.807) is 0 Å². The Balaban J connectivity index is 3.42. The molecule has 0 saturated carbocycles. The van der Waals surface area contributed by atoms with Crippen molar-refractivity contribution in [1.82, 2.24) is 10.2 Å². The second-order valence-electron chi connectivity index (χ2n) is 3.58. The molecule has 0 heterocycles. The van der Waals surface area contributed by atoms with E-state index in [4.69, 9.17) is 5.26 Å². The van der Waals surface area contributed by atoms with Gasteiger partial charge in [-0.15, -0.1) is 0 Å². The van der Waals surface area contributed by atoms with E-state index in [-0.39, 0.29) is 0 Å². The van der Waals surface area contributed by atoms with Crippen LogP contribution in [0.15, 0.2) is 0 Å². The molecule has 0 spiro atoms. The molecule has 3 heteroatoms. The molecular formula is C10H21N3. The van der Waals surface area contributed by atoms with Gasteiger partial charge in [0.1, 0.15) is 0 Å². The Bertz CT molecular complexity index is 151. The molecule has 0 aliphatic rings. The van der Waals surface area contributed by atoms with Crippen LogP contribution >= 0.6 is 0 Å². The Morgan fingerprint density at radius 1 is 1.54 bits per heavy atom. The van der Waals surface area contributed by atoms with Gasteiger partial charge in [-0.05, 0) is 26.1 Å². The molecule has 0 rings (SSSR count). The standard InChI is InChI=1S/C10H21N3/c1-4-12-8-10(2)9-13(3)7-5-6-11/h10,12H,4-5,7-9H2,1-3H3. The number of hydrogen-bond acceptors (Lipinski definition) is 3. The van der Waals surface area contributed by atoms with Gasteiger partial charge in [0.05, 0.1) is 6.07 Å². The first-order chi connectivity index (χ1) is 6.20. The van der Waals surface area contributed by atoms with E-state index in [1.807, 2.05) is 0 Å². The molecule has 13 heavy (non-hydrogen) atoms. The number of nitriles is 1. The Morgan fingerprint density at radius 2 is 2.23 bits per heavy atom. The van der Waals surface area contributed by atoms with E-state index >= 15 is 0 Å². The van der Waals surface area contributed by atoms with E-state index in [0.717, 1.165) is 26.2 Å². The van der Waals surface area contributed by atoms with Crippen LogP contribution in [0.2, 0.25) is 0 Å². The summed E-state index contributed by atoms with van der Waals surface area (Å²) in [7, 11) is 2.07. The van der Waals surface area contributed by atoms with Crippen LogP contribution in [-0.4, -0.2) is 38.1 Å². The van der Waals surface area contributed by atoms with Crippen molar-refractivity contribution in [2.24, 2.45) is 5.92 Å². The monoisotopic (exact) mass is 183 g/mol. The Kier molecular flexibility index (Phi) is 7.66. The van der Waals surface area contributed by atoms with Crippen molar-refractivity contribution in [2.45, 2.75) is 20.3 Å². The van der Waals surface area contributed by atoms with Crippen LogP contribution in [0.1, 0.15) is 20.3 Å². The van der Waals surface area contributed by atoms with Crippen molar-refractivity contribution in [3.63, 3.8) is 0 Å². The quantitative estimate of drug-likeness (QED) is 0.642. The predicted octanol–water partition coefficient (Wildman–Crippen LogP) is 1.08. The fraction of sp³-hybridized carbons (Fsp3) is 0.900. The number of nitrogens with zero attached hydrogens (tertiary/aromatic N) is 2. The first-order valence-electron chi connectivity index (χ1n) is 4.96. The van der Waals surface area contributed by atoms with Gasteiger partial charge in [-0.3, -0.25) is 0 Å². The normalized spacial score (nSPS) is 12.8. The molecule has 3 nitrogen and oxygen atoms in total. The van der Waals surface area contributed by atoms with E-state index < -0.39 is 0 Å². The van der Waals surface area contributed by atoms with Crippen LogP contribution in [0.5, 0.6) is 0 Å². The molecule has 76 valence electrons. The van der Waals surface area contributed by atoms with Gasteiger partial charge in [0, 0.05) is 19.5 Å². The maximum Gasteiger partial charge on any atom is 0.0635 e. The van der Waals surface area contributed by atoms with Crippen molar-refractivity contribution >= 4 is 0 Å². The Hall–Kier alpha value is -0.590. The molecule has 0 aromatic rings. The van der Waals surface area contributed by atoms with E-state index in [9.17, 15) is 0 Å². The fourth-order valence-electron chi connectivity index (χ4n) is 1.32. The van der Waals surface area contributed by atoms with Gasteiger partial charge in [0.25, 0.3) is 0 Å². The molecule has 0 fully saturated rings. The summed E-state index contributed by atoms with van der Waals surface area (Å²) in [6, 6.07) is 2.16. The lowest BCUT2D eigenvalue weighted by Crippen LogP contribution is -2.31. The van der Waals surface area contributed by atoms with E-state index in [0.29, 0.717) is 12.3 Å². The van der Waals surface area contributed by atoms with E-state index in [2.05, 4.69) is 37.2 Å². The third-order valence-corrected chi connectivity index (χ3v) is 1.97. The lowest BCUT2D eigenvalue weighted by Gasteiger charge is -2.20. The molecule has 0 aliphatic heterocycles. The Labute approximate surface area is 81.7 Å². The van der Waals surface area contributed by atoms with Gasteiger partial charge >= 0.3 is 0 Å². The highest BCUT2D eigenvalue weighted by atomic mass is 15.1. The molecule has 0 aromatic heterocycles. The van der Waals surface area contributed by atoms with Crippen LogP contribution in [0.3, 0.4) is 0 Å². The maximum atomic E-state index is 8.40. The minimum Gasteiger partial charge on any atom is -0.317 e. The molecule has 0 amide bonds. The summed E-state index contributed by atoms with van der Waals surface area (Å²) in [6.45, 7) is 8.39. The summed E-state index contributed by atoms with van der Waals surface area (Å²) >= 11 is 0. The third kappa shape index (κ3) is 7.76. The molecule has 1 N–H and O–H groups in total. The average molecular weight is 183 g/mol. The number of nitrogens with one attached hydrogen (secondary N) is 1. The summed E-state index contributed by atoms with van der Waals surface area (Å²) in [5.74, 6) is 0.656. The first kappa shape index (κ1) is 12.4. The zero-order chi connectivity index (χ0) is 10.1. The zero-order valence-corrected chi connectivity index (χ0v) is 9.01. The molecule has 0 saturated heterocycles. The lowest BCUT2D eigenvalue weighted by molar-refractivity contribution is 0.287. The van der Waals surface area contributed by atoms with Gasteiger partial charge in [0.15, 0.2) is 0 Å². The Morgan fingerprint density at radius 3 is 2.77 bits per heavy atom. The second kappa shape index (κ2) is 8.03. The first-order valence-corrected chi connectivity index (χ1v) is 4.96. The molecule has 0 aliphatic carbocycles. The minimum atomic E-state index is 0.629. The smallest absolute Gasteiger partial charge is 0.0635 e. The molecule has 1 atom stereocenters. The molecule has 0 radical (unpaired) electrons. The van der Waals surface area contributed by atoms with Crippen LogP contribution < -0.4 is 5.32 Å². The van der Waals surface area contributed by atoms with Gasteiger partial charge in [-0.2, -0.15) is 5.26 Å². The number of rotatable bonds is 7. The highest BCUT2D eigenvalue weighted by Gasteiger charge is 2.04. The van der Waals surface area contributed by atoms with E-state index in [1.165, 1.54) is 0 Å². The highest BCUT2D eigenvalue weighted by Crippen LogP contribution is 1.96. The topological polar surface area (TPSA) is 39.1 Å². The van der Waals surface area contributed by atoms with Crippen LogP contribution in [0.4, 0.5) is 0 Å². The third-order valence-electron chi connectivity index (χ3n) is 1.97. The average Bonchev–Trinajstić information content (AvgIpc) is 2.11. The maximum absolute atomic E-state index is 8.40.